The number of carboxylic acid groups (broad SMARTS) is 1. The number of nitrogens with one attached hydrogen (secondary N) is 2. The maximum atomic E-state index is 12.1. The quantitative estimate of drug-likeness (QED) is 0.606. The Hall–Kier alpha value is -2.23. The molecule has 7 nitrogen and oxygen atoms in total. The summed E-state index contributed by atoms with van der Waals surface area (Å²) in [4.78, 5) is 35.8. The second-order valence-corrected chi connectivity index (χ2v) is 4.56. The molecular weight excluding hydrogens is 262 g/mol. The van der Waals surface area contributed by atoms with Crippen molar-refractivity contribution in [3.63, 3.8) is 0 Å². The Balaban J connectivity index is 2.74. The van der Waals surface area contributed by atoms with E-state index in [4.69, 9.17) is 11.5 Å². The van der Waals surface area contributed by atoms with Crippen molar-refractivity contribution in [2.75, 3.05) is 13.1 Å². The monoisotopic (exact) mass is 281 g/mol. The Morgan fingerprint density at radius 1 is 1.65 bits per heavy atom. The van der Waals surface area contributed by atoms with E-state index in [0.29, 0.717) is 13.0 Å². The van der Waals surface area contributed by atoms with Crippen molar-refractivity contribution in [3.8, 4) is 12.3 Å². The summed E-state index contributed by atoms with van der Waals surface area (Å²) in [5, 5.41) is 14.0. The highest BCUT2D eigenvalue weighted by atomic mass is 16.4. The molecule has 0 radical (unpaired) electrons. The molecule has 1 aliphatic heterocycles. The number of terminal acetylenes is 1. The first kappa shape index (κ1) is 15.8. The number of hydrogen-bond donors (Lipinski definition) is 3. The molecular formula is C13H19N3O4. The molecule has 0 aliphatic carbocycles. The number of rotatable bonds is 5. The fourth-order valence-corrected chi connectivity index (χ4v) is 2.04. The van der Waals surface area contributed by atoms with E-state index >= 15 is 0 Å². The number of carbonyl (C=O) groups is 3. The first-order valence-corrected chi connectivity index (χ1v) is 6.52. The summed E-state index contributed by atoms with van der Waals surface area (Å²) in [5.74, 6) is 0.875. The van der Waals surface area contributed by atoms with E-state index < -0.39 is 36.4 Å². The molecule has 0 aromatic heterocycles. The van der Waals surface area contributed by atoms with Gasteiger partial charge in [-0.1, -0.05) is 19.3 Å². The van der Waals surface area contributed by atoms with Crippen molar-refractivity contribution in [3.05, 3.63) is 0 Å². The highest BCUT2D eigenvalue weighted by molar-refractivity contribution is 5.91. The molecule has 3 amide bonds. The van der Waals surface area contributed by atoms with Crippen LogP contribution in [-0.2, 0) is 9.59 Å². The Kier molecular flexibility index (Phi) is 5.84. The summed E-state index contributed by atoms with van der Waals surface area (Å²) in [7, 11) is 0. The van der Waals surface area contributed by atoms with Gasteiger partial charge in [0.1, 0.15) is 6.04 Å². The summed E-state index contributed by atoms with van der Waals surface area (Å²) in [6.45, 7) is 2.51. The minimum Gasteiger partial charge on any atom is -0.481 e. The summed E-state index contributed by atoms with van der Waals surface area (Å²) in [5.41, 5.74) is 0. The number of carboxylic acids is 1. The van der Waals surface area contributed by atoms with Gasteiger partial charge >= 0.3 is 12.0 Å². The average Bonchev–Trinajstić information content (AvgIpc) is 2.39. The lowest BCUT2D eigenvalue weighted by molar-refractivity contribution is -0.142. The van der Waals surface area contributed by atoms with Gasteiger partial charge in [0.2, 0.25) is 5.91 Å². The molecule has 1 saturated heterocycles. The van der Waals surface area contributed by atoms with Gasteiger partial charge in [-0.2, -0.15) is 0 Å². The third-order valence-electron chi connectivity index (χ3n) is 3.04. The van der Waals surface area contributed by atoms with Gasteiger partial charge in [0.25, 0.3) is 0 Å². The van der Waals surface area contributed by atoms with Crippen LogP contribution in [0.15, 0.2) is 0 Å². The second kappa shape index (κ2) is 7.38. The predicted molar refractivity (Wildman–Crippen MR) is 71.8 cm³/mol. The molecule has 1 heterocycles. The third-order valence-corrected chi connectivity index (χ3v) is 3.04. The predicted octanol–water partition coefficient (Wildman–Crippen LogP) is -0.227. The van der Waals surface area contributed by atoms with Gasteiger partial charge in [0, 0.05) is 13.1 Å². The second-order valence-electron chi connectivity index (χ2n) is 4.56. The number of aliphatic carboxylic acids is 1. The van der Waals surface area contributed by atoms with Crippen LogP contribution in [0.2, 0.25) is 0 Å². The van der Waals surface area contributed by atoms with Gasteiger partial charge < -0.3 is 20.6 Å². The molecule has 2 unspecified atom stereocenters. The van der Waals surface area contributed by atoms with Crippen molar-refractivity contribution in [2.45, 2.75) is 38.3 Å². The first-order valence-electron chi connectivity index (χ1n) is 6.52. The number of nitrogens with zero attached hydrogens (tertiary/aromatic N) is 1. The van der Waals surface area contributed by atoms with Gasteiger partial charge in [0.05, 0.1) is 12.5 Å². The normalized spacial score (nSPS) is 19.7. The Labute approximate surface area is 117 Å². The van der Waals surface area contributed by atoms with Crippen LogP contribution in [0.3, 0.4) is 0 Å². The highest BCUT2D eigenvalue weighted by Gasteiger charge is 2.35. The maximum Gasteiger partial charge on any atom is 0.319 e. The smallest absolute Gasteiger partial charge is 0.319 e. The summed E-state index contributed by atoms with van der Waals surface area (Å²) in [6.07, 6.45) is 6.34. The van der Waals surface area contributed by atoms with E-state index in [-0.39, 0.29) is 6.54 Å². The van der Waals surface area contributed by atoms with Crippen LogP contribution in [0.4, 0.5) is 4.79 Å². The molecule has 0 saturated carbocycles. The van der Waals surface area contributed by atoms with Crippen LogP contribution in [-0.4, -0.2) is 53.1 Å². The van der Waals surface area contributed by atoms with E-state index in [1.807, 2.05) is 6.92 Å². The SMILES string of the molecule is C#CC(CCC)NC(=O)N1CCNC(=O)C1CC(=O)O. The van der Waals surface area contributed by atoms with E-state index in [1.54, 1.807) is 0 Å². The molecule has 0 spiro atoms. The minimum absolute atomic E-state index is 0.263. The van der Waals surface area contributed by atoms with Crippen LogP contribution in [0.5, 0.6) is 0 Å². The van der Waals surface area contributed by atoms with E-state index in [0.717, 1.165) is 6.42 Å². The number of hydrogen-bond acceptors (Lipinski definition) is 3. The van der Waals surface area contributed by atoms with E-state index in [1.165, 1.54) is 4.90 Å². The van der Waals surface area contributed by atoms with Crippen LogP contribution >= 0.6 is 0 Å². The zero-order valence-electron chi connectivity index (χ0n) is 11.4. The number of piperazine rings is 1. The molecule has 20 heavy (non-hydrogen) atoms. The topological polar surface area (TPSA) is 98.7 Å². The lowest BCUT2D eigenvalue weighted by Gasteiger charge is -2.34. The van der Waals surface area contributed by atoms with Crippen LogP contribution in [0.25, 0.3) is 0 Å². The van der Waals surface area contributed by atoms with Crippen molar-refractivity contribution in [1.29, 1.82) is 0 Å². The van der Waals surface area contributed by atoms with Gasteiger partial charge in [-0.15, -0.1) is 6.42 Å². The van der Waals surface area contributed by atoms with Crippen LogP contribution < -0.4 is 10.6 Å². The van der Waals surface area contributed by atoms with E-state index in [9.17, 15) is 14.4 Å². The van der Waals surface area contributed by atoms with Gasteiger partial charge in [-0.05, 0) is 6.42 Å². The van der Waals surface area contributed by atoms with Crippen molar-refractivity contribution in [1.82, 2.24) is 15.5 Å². The Morgan fingerprint density at radius 2 is 2.35 bits per heavy atom. The summed E-state index contributed by atoms with van der Waals surface area (Å²) < 4.78 is 0. The van der Waals surface area contributed by atoms with Crippen molar-refractivity contribution >= 4 is 17.9 Å². The van der Waals surface area contributed by atoms with Crippen molar-refractivity contribution < 1.29 is 19.5 Å². The molecule has 0 aromatic carbocycles. The first-order chi connectivity index (χ1) is 9.49. The molecule has 0 bridgehead atoms. The molecule has 110 valence electrons. The molecule has 3 N–H and O–H groups in total. The minimum atomic E-state index is -1.13. The standard InChI is InChI=1S/C13H19N3O4/c1-3-5-9(4-2)15-13(20)16-7-6-14-12(19)10(16)8-11(17)18/h2,9-10H,3,5-8H2,1H3,(H,14,19)(H,15,20)(H,17,18). The van der Waals surface area contributed by atoms with Gasteiger partial charge in [-0.3, -0.25) is 9.59 Å². The molecule has 2 atom stereocenters. The molecule has 0 aromatic rings. The number of urea groups is 1. The van der Waals surface area contributed by atoms with Crippen molar-refractivity contribution in [2.24, 2.45) is 0 Å². The number of amides is 3. The zero-order chi connectivity index (χ0) is 15.1. The highest BCUT2D eigenvalue weighted by Crippen LogP contribution is 2.10. The largest absolute Gasteiger partial charge is 0.481 e. The molecule has 7 heteroatoms. The Bertz CT molecular complexity index is 430. The average molecular weight is 281 g/mol. The fourth-order valence-electron chi connectivity index (χ4n) is 2.04. The van der Waals surface area contributed by atoms with E-state index in [2.05, 4.69) is 16.6 Å². The number of carbonyl (C=O) groups excluding carboxylic acids is 2. The van der Waals surface area contributed by atoms with Crippen LogP contribution in [0, 0.1) is 12.3 Å². The molecule has 1 fully saturated rings. The lowest BCUT2D eigenvalue weighted by Crippen LogP contribution is -2.60. The van der Waals surface area contributed by atoms with Gasteiger partial charge in [0.15, 0.2) is 0 Å². The summed E-state index contributed by atoms with van der Waals surface area (Å²) in [6, 6.07) is -1.91. The fraction of sp³-hybridized carbons (Fsp3) is 0.615. The Morgan fingerprint density at radius 3 is 2.90 bits per heavy atom. The molecule has 1 aliphatic rings. The third kappa shape index (κ3) is 4.16. The maximum absolute atomic E-state index is 12.1. The zero-order valence-corrected chi connectivity index (χ0v) is 11.4. The molecule has 1 rings (SSSR count). The lowest BCUT2D eigenvalue weighted by atomic mass is 10.1. The van der Waals surface area contributed by atoms with Gasteiger partial charge in [-0.25, -0.2) is 4.79 Å². The van der Waals surface area contributed by atoms with Crippen LogP contribution in [0.1, 0.15) is 26.2 Å². The summed E-state index contributed by atoms with van der Waals surface area (Å²) >= 11 is 0.